The van der Waals surface area contributed by atoms with Gasteiger partial charge in [-0.2, -0.15) is 0 Å². The molecule has 0 N–H and O–H groups in total. The smallest absolute Gasteiger partial charge is 0.123 e. The van der Waals surface area contributed by atoms with Gasteiger partial charge in [0.15, 0.2) is 0 Å². The summed E-state index contributed by atoms with van der Waals surface area (Å²) in [6.07, 6.45) is 5.05. The Hall–Kier alpha value is -1.11. The summed E-state index contributed by atoms with van der Waals surface area (Å²) in [6, 6.07) is 4.98. The molecule has 70 valence electrons. The Balaban J connectivity index is 2.61. The predicted molar refractivity (Wildman–Crippen MR) is 54.3 cm³/mol. The first kappa shape index (κ1) is 9.97. The van der Waals surface area contributed by atoms with E-state index in [-0.39, 0.29) is 5.82 Å². The van der Waals surface area contributed by atoms with Crippen LogP contribution in [0.4, 0.5) is 4.39 Å². The van der Waals surface area contributed by atoms with E-state index >= 15 is 0 Å². The van der Waals surface area contributed by atoms with Crippen LogP contribution in [0.15, 0.2) is 30.9 Å². The molecule has 0 atom stereocenters. The van der Waals surface area contributed by atoms with Gasteiger partial charge in [0.25, 0.3) is 0 Å². The molecule has 1 rings (SSSR count). The summed E-state index contributed by atoms with van der Waals surface area (Å²) in [5, 5.41) is 0. The van der Waals surface area contributed by atoms with Crippen molar-refractivity contribution in [1.82, 2.24) is 0 Å². The Bertz CT molecular complexity index is 289. The Morgan fingerprint density at radius 1 is 1.46 bits per heavy atom. The van der Waals surface area contributed by atoms with Crippen LogP contribution in [0.1, 0.15) is 24.0 Å². The van der Waals surface area contributed by atoms with E-state index in [0.29, 0.717) is 0 Å². The maximum Gasteiger partial charge on any atom is 0.123 e. The lowest BCUT2D eigenvalue weighted by atomic mass is 10.0. The molecular weight excluding hydrogens is 163 g/mol. The van der Waals surface area contributed by atoms with Gasteiger partial charge in [-0.05, 0) is 49.4 Å². The van der Waals surface area contributed by atoms with E-state index in [9.17, 15) is 4.39 Å². The Morgan fingerprint density at radius 3 is 2.85 bits per heavy atom. The van der Waals surface area contributed by atoms with Crippen LogP contribution in [0.5, 0.6) is 0 Å². The maximum atomic E-state index is 12.7. The first-order chi connectivity index (χ1) is 6.24. The first-order valence-electron chi connectivity index (χ1n) is 4.60. The van der Waals surface area contributed by atoms with Gasteiger partial charge in [0.2, 0.25) is 0 Å². The SMILES string of the molecule is C=CCCCc1ccc(F)cc1C. The summed E-state index contributed by atoms with van der Waals surface area (Å²) in [4.78, 5) is 0. The van der Waals surface area contributed by atoms with Crippen molar-refractivity contribution in [1.29, 1.82) is 0 Å². The molecule has 0 amide bonds. The summed E-state index contributed by atoms with van der Waals surface area (Å²) in [5.41, 5.74) is 2.28. The van der Waals surface area contributed by atoms with Crippen LogP contribution in [-0.2, 0) is 6.42 Å². The highest BCUT2D eigenvalue weighted by Gasteiger charge is 1.98. The molecule has 0 saturated carbocycles. The molecule has 1 aromatic carbocycles. The van der Waals surface area contributed by atoms with Gasteiger partial charge >= 0.3 is 0 Å². The number of allylic oxidation sites excluding steroid dienone is 1. The Kier molecular flexibility index (Phi) is 3.69. The van der Waals surface area contributed by atoms with Crippen LogP contribution in [0.2, 0.25) is 0 Å². The van der Waals surface area contributed by atoms with Crippen molar-refractivity contribution in [3.05, 3.63) is 47.8 Å². The van der Waals surface area contributed by atoms with Crippen LogP contribution in [-0.4, -0.2) is 0 Å². The highest BCUT2D eigenvalue weighted by Crippen LogP contribution is 2.12. The molecule has 0 heterocycles. The van der Waals surface area contributed by atoms with E-state index in [4.69, 9.17) is 0 Å². The second-order valence-electron chi connectivity index (χ2n) is 3.25. The minimum Gasteiger partial charge on any atom is -0.207 e. The molecule has 1 aromatic rings. The van der Waals surface area contributed by atoms with E-state index in [1.165, 1.54) is 11.6 Å². The average molecular weight is 178 g/mol. The molecule has 0 unspecified atom stereocenters. The fourth-order valence-corrected chi connectivity index (χ4v) is 1.38. The molecule has 0 spiro atoms. The third-order valence-corrected chi connectivity index (χ3v) is 2.16. The zero-order valence-corrected chi connectivity index (χ0v) is 8.02. The van der Waals surface area contributed by atoms with E-state index in [2.05, 4.69) is 6.58 Å². The standard InChI is InChI=1S/C12H15F/c1-3-4-5-6-11-7-8-12(13)9-10(11)2/h3,7-9H,1,4-6H2,2H3. The topological polar surface area (TPSA) is 0 Å². The second-order valence-corrected chi connectivity index (χ2v) is 3.25. The molecule has 0 aliphatic heterocycles. The van der Waals surface area contributed by atoms with Crippen LogP contribution in [0.3, 0.4) is 0 Å². The number of unbranched alkanes of at least 4 members (excludes halogenated alkanes) is 1. The van der Waals surface area contributed by atoms with Gasteiger partial charge in [0.05, 0.1) is 0 Å². The lowest BCUT2D eigenvalue weighted by Crippen LogP contribution is -1.90. The molecule has 0 radical (unpaired) electrons. The zero-order valence-electron chi connectivity index (χ0n) is 8.02. The first-order valence-corrected chi connectivity index (χ1v) is 4.60. The number of hydrogen-bond acceptors (Lipinski definition) is 0. The van der Waals surface area contributed by atoms with Gasteiger partial charge in [-0.3, -0.25) is 0 Å². The minimum atomic E-state index is -0.148. The third-order valence-electron chi connectivity index (χ3n) is 2.16. The minimum absolute atomic E-state index is 0.148. The fourth-order valence-electron chi connectivity index (χ4n) is 1.38. The highest BCUT2D eigenvalue weighted by molar-refractivity contribution is 5.26. The summed E-state index contributed by atoms with van der Waals surface area (Å²) in [7, 11) is 0. The molecule has 0 fully saturated rings. The highest BCUT2D eigenvalue weighted by atomic mass is 19.1. The molecule has 0 nitrogen and oxygen atoms in total. The van der Waals surface area contributed by atoms with E-state index in [1.807, 2.05) is 19.1 Å². The van der Waals surface area contributed by atoms with E-state index in [0.717, 1.165) is 24.8 Å². The molecular formula is C12H15F. The van der Waals surface area contributed by atoms with Gasteiger partial charge in [0.1, 0.15) is 5.82 Å². The van der Waals surface area contributed by atoms with Gasteiger partial charge < -0.3 is 0 Å². The summed E-state index contributed by atoms with van der Waals surface area (Å²) in [6.45, 7) is 5.62. The van der Waals surface area contributed by atoms with Gasteiger partial charge in [-0.25, -0.2) is 4.39 Å². The van der Waals surface area contributed by atoms with Crippen molar-refractivity contribution in [2.45, 2.75) is 26.2 Å². The van der Waals surface area contributed by atoms with Crippen LogP contribution in [0, 0.1) is 12.7 Å². The number of benzene rings is 1. The van der Waals surface area contributed by atoms with Crippen LogP contribution < -0.4 is 0 Å². The van der Waals surface area contributed by atoms with Crippen molar-refractivity contribution in [3.8, 4) is 0 Å². The number of aryl methyl sites for hydroxylation is 2. The molecule has 0 aliphatic carbocycles. The molecule has 0 aromatic heterocycles. The van der Waals surface area contributed by atoms with Crippen molar-refractivity contribution >= 4 is 0 Å². The lowest BCUT2D eigenvalue weighted by molar-refractivity contribution is 0.625. The summed E-state index contributed by atoms with van der Waals surface area (Å²) >= 11 is 0. The number of halogens is 1. The molecule has 0 bridgehead atoms. The number of hydrogen-bond donors (Lipinski definition) is 0. The van der Waals surface area contributed by atoms with Crippen LogP contribution >= 0.6 is 0 Å². The molecule has 1 heteroatoms. The number of rotatable bonds is 4. The quantitative estimate of drug-likeness (QED) is 0.487. The summed E-state index contributed by atoms with van der Waals surface area (Å²) < 4.78 is 12.7. The monoisotopic (exact) mass is 178 g/mol. The van der Waals surface area contributed by atoms with Crippen molar-refractivity contribution in [3.63, 3.8) is 0 Å². The Morgan fingerprint density at radius 2 is 2.23 bits per heavy atom. The van der Waals surface area contributed by atoms with Gasteiger partial charge in [-0.1, -0.05) is 12.1 Å². The fraction of sp³-hybridized carbons (Fsp3) is 0.333. The lowest BCUT2D eigenvalue weighted by Gasteiger charge is -2.04. The van der Waals surface area contributed by atoms with E-state index < -0.39 is 0 Å². The van der Waals surface area contributed by atoms with Gasteiger partial charge in [-0.15, -0.1) is 6.58 Å². The maximum absolute atomic E-state index is 12.7. The normalized spacial score (nSPS) is 10.0. The molecule has 13 heavy (non-hydrogen) atoms. The summed E-state index contributed by atoms with van der Waals surface area (Å²) in [5.74, 6) is -0.148. The second kappa shape index (κ2) is 4.80. The van der Waals surface area contributed by atoms with Crippen molar-refractivity contribution in [2.75, 3.05) is 0 Å². The Labute approximate surface area is 79.1 Å². The van der Waals surface area contributed by atoms with Crippen molar-refractivity contribution < 1.29 is 4.39 Å². The van der Waals surface area contributed by atoms with Crippen molar-refractivity contribution in [2.24, 2.45) is 0 Å². The largest absolute Gasteiger partial charge is 0.207 e. The zero-order chi connectivity index (χ0) is 9.68. The van der Waals surface area contributed by atoms with Crippen LogP contribution in [0.25, 0.3) is 0 Å². The van der Waals surface area contributed by atoms with Gasteiger partial charge in [0, 0.05) is 0 Å². The molecule has 0 saturated heterocycles. The average Bonchev–Trinajstić information content (AvgIpc) is 2.09. The molecule has 0 aliphatic rings. The third kappa shape index (κ3) is 3.02. The predicted octanol–water partition coefficient (Wildman–Crippen LogP) is 3.64. The van der Waals surface area contributed by atoms with E-state index in [1.54, 1.807) is 6.07 Å².